The number of halogens is 1. The Morgan fingerprint density at radius 3 is 2.73 bits per heavy atom. The number of rotatable bonds is 4. The fourth-order valence-corrected chi connectivity index (χ4v) is 3.34. The highest BCUT2D eigenvalue weighted by Crippen LogP contribution is 2.27. The second kappa shape index (κ2) is 6.46. The van der Waals surface area contributed by atoms with Crippen LogP contribution in [0, 0.1) is 6.92 Å². The first-order chi connectivity index (χ1) is 12.5. The molecule has 1 unspecified atom stereocenters. The van der Waals surface area contributed by atoms with Crippen LogP contribution in [0.3, 0.4) is 0 Å². The first kappa shape index (κ1) is 16.6. The first-order valence-electron chi connectivity index (χ1n) is 8.38. The van der Waals surface area contributed by atoms with E-state index in [2.05, 4.69) is 10.2 Å². The lowest BCUT2D eigenvalue weighted by atomic mass is 10.1. The van der Waals surface area contributed by atoms with Gasteiger partial charge in [-0.15, -0.1) is 0 Å². The lowest BCUT2D eigenvalue weighted by molar-refractivity contribution is 0.534. The molecule has 132 valence electrons. The van der Waals surface area contributed by atoms with E-state index >= 15 is 0 Å². The summed E-state index contributed by atoms with van der Waals surface area (Å²) in [6.07, 6.45) is 3.36. The van der Waals surface area contributed by atoms with Gasteiger partial charge >= 0.3 is 0 Å². The van der Waals surface area contributed by atoms with Gasteiger partial charge in [0.05, 0.1) is 16.9 Å². The number of fused-ring (bicyclic) bond motifs is 1. The SMILES string of the molecule is Cc1[nH]n2c(=O)cc(C(C)Cn3cc(Cl)cn3)nc2c1-c1ccccc1. The quantitative estimate of drug-likeness (QED) is 0.598. The second-order valence-corrected chi connectivity index (χ2v) is 6.87. The molecule has 0 bridgehead atoms. The zero-order valence-corrected chi connectivity index (χ0v) is 15.2. The molecule has 0 spiro atoms. The van der Waals surface area contributed by atoms with E-state index < -0.39 is 0 Å². The molecule has 26 heavy (non-hydrogen) atoms. The molecule has 1 aromatic carbocycles. The number of aromatic amines is 1. The van der Waals surface area contributed by atoms with Gasteiger partial charge in [-0.1, -0.05) is 48.9 Å². The van der Waals surface area contributed by atoms with Gasteiger partial charge in [-0.05, 0) is 12.5 Å². The largest absolute Gasteiger partial charge is 0.293 e. The van der Waals surface area contributed by atoms with Crippen molar-refractivity contribution in [1.29, 1.82) is 0 Å². The molecule has 6 nitrogen and oxygen atoms in total. The molecule has 0 aliphatic heterocycles. The van der Waals surface area contributed by atoms with E-state index in [0.717, 1.165) is 22.5 Å². The van der Waals surface area contributed by atoms with Crippen molar-refractivity contribution in [2.24, 2.45) is 0 Å². The summed E-state index contributed by atoms with van der Waals surface area (Å²) in [5.74, 6) is 0.0162. The summed E-state index contributed by atoms with van der Waals surface area (Å²) in [5, 5.41) is 7.91. The van der Waals surface area contributed by atoms with E-state index in [-0.39, 0.29) is 11.5 Å². The molecule has 0 aliphatic carbocycles. The van der Waals surface area contributed by atoms with E-state index in [1.54, 1.807) is 23.1 Å². The van der Waals surface area contributed by atoms with Crippen molar-refractivity contribution in [3.63, 3.8) is 0 Å². The third-order valence-corrected chi connectivity index (χ3v) is 4.64. The summed E-state index contributed by atoms with van der Waals surface area (Å²) in [6.45, 7) is 4.57. The summed E-state index contributed by atoms with van der Waals surface area (Å²) in [4.78, 5) is 17.4. The number of H-pyrrole nitrogens is 1. The summed E-state index contributed by atoms with van der Waals surface area (Å²) in [7, 11) is 0. The van der Waals surface area contributed by atoms with Crippen LogP contribution >= 0.6 is 11.6 Å². The van der Waals surface area contributed by atoms with Gasteiger partial charge in [-0.25, -0.2) is 9.50 Å². The molecule has 1 N–H and O–H groups in total. The normalized spacial score (nSPS) is 12.6. The van der Waals surface area contributed by atoms with Crippen molar-refractivity contribution in [2.45, 2.75) is 26.3 Å². The molecule has 7 heteroatoms. The van der Waals surface area contributed by atoms with Crippen LogP contribution in [-0.2, 0) is 6.54 Å². The Bertz CT molecular complexity index is 1130. The number of benzene rings is 1. The standard InChI is InChI=1S/C19H18ClN5O/c1-12(10-24-11-15(20)9-21-24)16-8-17(26)25-19(22-16)18(13(2)23-25)14-6-4-3-5-7-14/h3-9,11-12,23H,10H2,1-2H3. The lowest BCUT2D eigenvalue weighted by Gasteiger charge is -2.11. The van der Waals surface area contributed by atoms with Crippen LogP contribution in [0.5, 0.6) is 0 Å². The summed E-state index contributed by atoms with van der Waals surface area (Å²) < 4.78 is 3.26. The zero-order valence-electron chi connectivity index (χ0n) is 14.5. The Hall–Kier alpha value is -2.86. The summed E-state index contributed by atoms with van der Waals surface area (Å²) >= 11 is 5.93. The molecular weight excluding hydrogens is 350 g/mol. The fraction of sp³-hybridized carbons (Fsp3) is 0.211. The third-order valence-electron chi connectivity index (χ3n) is 4.45. The molecule has 0 fully saturated rings. The molecule has 0 radical (unpaired) electrons. The van der Waals surface area contributed by atoms with E-state index in [1.165, 1.54) is 4.52 Å². The van der Waals surface area contributed by atoms with Crippen LogP contribution in [0.1, 0.15) is 24.2 Å². The van der Waals surface area contributed by atoms with E-state index in [4.69, 9.17) is 16.6 Å². The Kier molecular flexibility index (Phi) is 4.12. The number of aromatic nitrogens is 5. The van der Waals surface area contributed by atoms with Crippen molar-refractivity contribution in [3.8, 4) is 11.1 Å². The van der Waals surface area contributed by atoms with Crippen LogP contribution < -0.4 is 5.56 Å². The van der Waals surface area contributed by atoms with Gasteiger partial charge in [0.2, 0.25) is 0 Å². The van der Waals surface area contributed by atoms with Gasteiger partial charge in [0.15, 0.2) is 5.65 Å². The highest BCUT2D eigenvalue weighted by atomic mass is 35.5. The minimum Gasteiger partial charge on any atom is -0.293 e. The molecular formula is C19H18ClN5O. The van der Waals surface area contributed by atoms with Crippen LogP contribution in [-0.4, -0.2) is 24.4 Å². The monoisotopic (exact) mass is 367 g/mol. The van der Waals surface area contributed by atoms with Crippen molar-refractivity contribution >= 4 is 17.2 Å². The Morgan fingerprint density at radius 1 is 1.27 bits per heavy atom. The Labute approximate surface area is 155 Å². The van der Waals surface area contributed by atoms with E-state index in [9.17, 15) is 4.79 Å². The summed E-state index contributed by atoms with van der Waals surface area (Å²) in [6, 6.07) is 11.5. The first-order valence-corrected chi connectivity index (χ1v) is 8.76. The number of nitrogens with one attached hydrogen (secondary N) is 1. The Morgan fingerprint density at radius 2 is 2.04 bits per heavy atom. The second-order valence-electron chi connectivity index (χ2n) is 6.44. The van der Waals surface area contributed by atoms with E-state index in [1.807, 2.05) is 44.2 Å². The predicted molar refractivity (Wildman–Crippen MR) is 102 cm³/mol. The van der Waals surface area contributed by atoms with Gasteiger partial charge < -0.3 is 0 Å². The Balaban J connectivity index is 1.81. The van der Waals surface area contributed by atoms with E-state index in [0.29, 0.717) is 17.2 Å². The minimum absolute atomic E-state index is 0.0162. The van der Waals surface area contributed by atoms with Crippen molar-refractivity contribution in [2.75, 3.05) is 0 Å². The number of hydrogen-bond donors (Lipinski definition) is 1. The maximum absolute atomic E-state index is 12.6. The number of aryl methyl sites for hydroxylation is 1. The molecule has 4 aromatic rings. The molecule has 0 saturated heterocycles. The van der Waals surface area contributed by atoms with Crippen LogP contribution in [0.4, 0.5) is 0 Å². The average molecular weight is 368 g/mol. The maximum atomic E-state index is 12.6. The van der Waals surface area contributed by atoms with Crippen LogP contribution in [0.25, 0.3) is 16.8 Å². The van der Waals surface area contributed by atoms with Crippen LogP contribution in [0.15, 0.2) is 53.6 Å². The topological polar surface area (TPSA) is 68.0 Å². The van der Waals surface area contributed by atoms with Crippen molar-refractivity contribution in [1.82, 2.24) is 24.4 Å². The number of nitrogens with zero attached hydrogens (tertiary/aromatic N) is 4. The zero-order chi connectivity index (χ0) is 18.3. The molecule has 1 atom stereocenters. The summed E-state index contributed by atoms with van der Waals surface area (Å²) in [5.41, 5.74) is 4.13. The highest BCUT2D eigenvalue weighted by Gasteiger charge is 2.17. The molecule has 3 aromatic heterocycles. The van der Waals surface area contributed by atoms with Crippen LogP contribution in [0.2, 0.25) is 5.02 Å². The van der Waals surface area contributed by atoms with Crippen molar-refractivity contribution in [3.05, 3.63) is 75.6 Å². The molecule has 0 amide bonds. The maximum Gasteiger partial charge on any atom is 0.272 e. The van der Waals surface area contributed by atoms with Gasteiger partial charge in [0, 0.05) is 36.0 Å². The van der Waals surface area contributed by atoms with Gasteiger partial charge in [-0.3, -0.25) is 14.6 Å². The number of hydrogen-bond acceptors (Lipinski definition) is 3. The van der Waals surface area contributed by atoms with Gasteiger partial charge in [0.1, 0.15) is 0 Å². The predicted octanol–water partition coefficient (Wildman–Crippen LogP) is 3.65. The smallest absolute Gasteiger partial charge is 0.272 e. The average Bonchev–Trinajstić information content (AvgIpc) is 3.18. The fourth-order valence-electron chi connectivity index (χ4n) is 3.18. The van der Waals surface area contributed by atoms with Gasteiger partial charge in [0.25, 0.3) is 5.56 Å². The molecule has 3 heterocycles. The lowest BCUT2D eigenvalue weighted by Crippen LogP contribution is -2.18. The molecule has 0 aliphatic rings. The highest BCUT2D eigenvalue weighted by molar-refractivity contribution is 6.30. The molecule has 4 rings (SSSR count). The third kappa shape index (κ3) is 2.93. The minimum atomic E-state index is -0.124. The van der Waals surface area contributed by atoms with Gasteiger partial charge in [-0.2, -0.15) is 5.10 Å². The van der Waals surface area contributed by atoms with Crippen molar-refractivity contribution < 1.29 is 0 Å². The molecule has 0 saturated carbocycles.